The monoisotopic (exact) mass is 327 g/mol. The summed E-state index contributed by atoms with van der Waals surface area (Å²) < 4.78 is 11.5. The maximum atomic E-state index is 6.34. The molecule has 0 bridgehead atoms. The first-order valence-corrected chi connectivity index (χ1v) is 7.55. The van der Waals surface area contributed by atoms with E-state index in [0.29, 0.717) is 0 Å². The molecule has 3 nitrogen and oxygen atoms in total. The van der Waals surface area contributed by atoms with Gasteiger partial charge < -0.3 is 9.47 Å². The van der Waals surface area contributed by atoms with Crippen LogP contribution in [0, 0.1) is 0 Å². The van der Waals surface area contributed by atoms with Crippen LogP contribution in [-0.4, -0.2) is 26.1 Å². The molecule has 1 aromatic carbocycles. The third-order valence-electron chi connectivity index (χ3n) is 3.45. The number of ether oxygens (including phenoxy) is 2. The highest BCUT2D eigenvalue weighted by Gasteiger charge is 2.36. The Hall–Kier alpha value is -1.23. The largest absolute Gasteiger partial charge is 0.497 e. The first-order chi connectivity index (χ1) is 9.62. The molecule has 1 aromatic heterocycles. The molecule has 116 valence electrons. The van der Waals surface area contributed by atoms with Crippen molar-refractivity contribution >= 4 is 23.7 Å². The Balaban J connectivity index is 0.00000220. The number of nitrogens with zero attached hydrogens (tertiary/aromatic N) is 1. The van der Waals surface area contributed by atoms with Gasteiger partial charge in [0.15, 0.2) is 5.72 Å². The van der Waals surface area contributed by atoms with Crippen molar-refractivity contribution in [1.82, 2.24) is 4.90 Å². The van der Waals surface area contributed by atoms with Gasteiger partial charge in [-0.3, -0.25) is 4.90 Å². The van der Waals surface area contributed by atoms with E-state index in [1.165, 1.54) is 4.88 Å². The molecule has 0 radical (unpaired) electrons. The fourth-order valence-corrected chi connectivity index (χ4v) is 3.28. The summed E-state index contributed by atoms with van der Waals surface area (Å²) in [5.74, 6) is 1.68. The first kappa shape index (κ1) is 17.8. The third kappa shape index (κ3) is 3.70. The molecular formula is C16H22ClNO2S. The average molecular weight is 328 g/mol. The van der Waals surface area contributed by atoms with E-state index in [2.05, 4.69) is 29.3 Å². The Morgan fingerprint density at radius 2 is 1.71 bits per heavy atom. The van der Waals surface area contributed by atoms with Gasteiger partial charge >= 0.3 is 0 Å². The third-order valence-corrected chi connectivity index (χ3v) is 4.46. The normalized spacial score (nSPS) is 13.4. The van der Waals surface area contributed by atoms with E-state index in [4.69, 9.17) is 9.47 Å². The lowest BCUT2D eigenvalue weighted by atomic mass is 10.1. The van der Waals surface area contributed by atoms with Gasteiger partial charge in [-0.1, -0.05) is 13.0 Å². The highest BCUT2D eigenvalue weighted by atomic mass is 35.5. The topological polar surface area (TPSA) is 21.7 Å². The molecule has 2 aromatic rings. The van der Waals surface area contributed by atoms with Gasteiger partial charge in [0.1, 0.15) is 11.5 Å². The fourth-order valence-electron chi connectivity index (χ4n) is 2.26. The Bertz CT molecular complexity index is 528. The van der Waals surface area contributed by atoms with Crippen LogP contribution in [0.3, 0.4) is 0 Å². The maximum Gasteiger partial charge on any atom is 0.198 e. The van der Waals surface area contributed by atoms with Crippen LogP contribution in [0.25, 0.3) is 0 Å². The van der Waals surface area contributed by atoms with E-state index >= 15 is 0 Å². The second-order valence-corrected chi connectivity index (χ2v) is 5.73. The molecular weight excluding hydrogens is 306 g/mol. The van der Waals surface area contributed by atoms with Crippen LogP contribution in [0.1, 0.15) is 18.2 Å². The zero-order chi connectivity index (χ0) is 14.6. The van der Waals surface area contributed by atoms with E-state index in [-0.39, 0.29) is 12.4 Å². The summed E-state index contributed by atoms with van der Waals surface area (Å²) in [5.41, 5.74) is -0.428. The zero-order valence-electron chi connectivity index (χ0n) is 12.8. The number of hydrogen-bond acceptors (Lipinski definition) is 4. The molecule has 0 aliphatic heterocycles. The summed E-state index contributed by atoms with van der Waals surface area (Å²) in [6.07, 6.45) is 0.868. The molecule has 1 unspecified atom stereocenters. The van der Waals surface area contributed by atoms with Crippen LogP contribution in [0.5, 0.6) is 11.5 Å². The van der Waals surface area contributed by atoms with Crippen molar-refractivity contribution in [2.45, 2.75) is 19.1 Å². The van der Waals surface area contributed by atoms with Gasteiger partial charge in [-0.15, -0.1) is 23.7 Å². The Morgan fingerprint density at radius 1 is 1.10 bits per heavy atom. The molecule has 0 fully saturated rings. The van der Waals surface area contributed by atoms with Gasteiger partial charge in [-0.05, 0) is 49.8 Å². The van der Waals surface area contributed by atoms with Crippen LogP contribution >= 0.6 is 23.7 Å². The quantitative estimate of drug-likeness (QED) is 0.735. The summed E-state index contributed by atoms with van der Waals surface area (Å²) in [7, 11) is 5.76. The molecule has 0 saturated carbocycles. The minimum atomic E-state index is -0.428. The minimum absolute atomic E-state index is 0. The Kier molecular flexibility index (Phi) is 6.52. The van der Waals surface area contributed by atoms with E-state index in [1.807, 2.05) is 38.4 Å². The van der Waals surface area contributed by atoms with Crippen molar-refractivity contribution in [3.05, 3.63) is 46.7 Å². The lowest BCUT2D eigenvalue weighted by Gasteiger charge is -2.38. The minimum Gasteiger partial charge on any atom is -0.497 e. The molecule has 0 N–H and O–H groups in total. The van der Waals surface area contributed by atoms with Crippen molar-refractivity contribution in [2.24, 2.45) is 0 Å². The van der Waals surface area contributed by atoms with E-state index in [0.717, 1.165) is 17.9 Å². The summed E-state index contributed by atoms with van der Waals surface area (Å²) in [6, 6.07) is 11.9. The van der Waals surface area contributed by atoms with E-state index in [9.17, 15) is 0 Å². The van der Waals surface area contributed by atoms with Gasteiger partial charge in [0.2, 0.25) is 0 Å². The highest BCUT2D eigenvalue weighted by Crippen LogP contribution is 2.36. The van der Waals surface area contributed by atoms with E-state index < -0.39 is 5.72 Å². The predicted octanol–water partition coefficient (Wildman–Crippen LogP) is 4.38. The molecule has 0 amide bonds. The van der Waals surface area contributed by atoms with Crippen LogP contribution in [-0.2, 0) is 5.72 Å². The smallest absolute Gasteiger partial charge is 0.198 e. The van der Waals surface area contributed by atoms with Crippen LogP contribution in [0.4, 0.5) is 0 Å². The average Bonchev–Trinajstić information content (AvgIpc) is 2.99. The second kappa shape index (κ2) is 7.69. The molecule has 0 aliphatic rings. The molecule has 2 rings (SSSR count). The van der Waals surface area contributed by atoms with Gasteiger partial charge in [0, 0.05) is 6.42 Å². The van der Waals surface area contributed by atoms with Crippen molar-refractivity contribution in [3.8, 4) is 11.5 Å². The van der Waals surface area contributed by atoms with Crippen LogP contribution < -0.4 is 9.47 Å². The maximum absolute atomic E-state index is 6.34. The van der Waals surface area contributed by atoms with E-state index in [1.54, 1.807) is 18.4 Å². The van der Waals surface area contributed by atoms with Crippen LogP contribution in [0.2, 0.25) is 0 Å². The molecule has 0 saturated heterocycles. The summed E-state index contributed by atoms with van der Waals surface area (Å²) >= 11 is 1.72. The van der Waals surface area contributed by atoms with Crippen LogP contribution in [0.15, 0.2) is 41.8 Å². The summed E-state index contributed by atoms with van der Waals surface area (Å²) in [6.45, 7) is 2.14. The molecule has 1 atom stereocenters. The molecule has 21 heavy (non-hydrogen) atoms. The van der Waals surface area contributed by atoms with Gasteiger partial charge in [-0.25, -0.2) is 0 Å². The predicted molar refractivity (Wildman–Crippen MR) is 90.8 cm³/mol. The first-order valence-electron chi connectivity index (χ1n) is 6.67. The van der Waals surface area contributed by atoms with Crippen molar-refractivity contribution in [1.29, 1.82) is 0 Å². The van der Waals surface area contributed by atoms with Gasteiger partial charge in [-0.2, -0.15) is 0 Å². The second-order valence-electron chi connectivity index (χ2n) is 4.79. The lowest BCUT2D eigenvalue weighted by molar-refractivity contribution is -0.0643. The summed E-state index contributed by atoms with van der Waals surface area (Å²) in [4.78, 5) is 3.34. The number of thiophene rings is 1. The molecule has 0 spiro atoms. The van der Waals surface area contributed by atoms with Crippen molar-refractivity contribution in [2.75, 3.05) is 21.2 Å². The van der Waals surface area contributed by atoms with Crippen molar-refractivity contribution < 1.29 is 9.47 Å². The Labute approximate surface area is 136 Å². The highest BCUT2D eigenvalue weighted by molar-refractivity contribution is 7.10. The molecule has 5 heteroatoms. The number of hydrogen-bond donors (Lipinski definition) is 0. The summed E-state index contributed by atoms with van der Waals surface area (Å²) in [5, 5.41) is 2.08. The number of rotatable bonds is 6. The zero-order valence-corrected chi connectivity index (χ0v) is 14.5. The molecule has 1 heterocycles. The number of halogens is 1. The van der Waals surface area contributed by atoms with Gasteiger partial charge in [0.25, 0.3) is 0 Å². The van der Waals surface area contributed by atoms with Crippen molar-refractivity contribution in [3.63, 3.8) is 0 Å². The standard InChI is InChI=1S/C16H21NO2S.ClH/c1-5-16(17(2)3,15-7-6-12-20-15)19-14-10-8-13(18-4)9-11-14;/h6-12H,5H2,1-4H3;1H. The SMILES string of the molecule is CCC(Oc1ccc(OC)cc1)(c1cccs1)N(C)C.Cl. The molecule has 0 aliphatic carbocycles. The Morgan fingerprint density at radius 3 is 2.14 bits per heavy atom. The fraction of sp³-hybridized carbons (Fsp3) is 0.375. The number of benzene rings is 1. The van der Waals surface area contributed by atoms with Gasteiger partial charge in [0.05, 0.1) is 12.0 Å². The number of methoxy groups -OCH3 is 1. The lowest BCUT2D eigenvalue weighted by Crippen LogP contribution is -2.45.